The van der Waals surface area contributed by atoms with Crippen LogP contribution in [-0.2, 0) is 0 Å². The average Bonchev–Trinajstić information content (AvgIpc) is 2.40. The molecule has 1 aromatic carbocycles. The van der Waals surface area contributed by atoms with Crippen molar-refractivity contribution in [3.8, 4) is 17.6 Å². The van der Waals surface area contributed by atoms with E-state index >= 15 is 0 Å². The maximum atomic E-state index is 12.0. The summed E-state index contributed by atoms with van der Waals surface area (Å²) in [7, 11) is 0. The third-order valence-corrected chi connectivity index (χ3v) is 2.84. The predicted molar refractivity (Wildman–Crippen MR) is 77.9 cm³/mol. The number of hydrogen-bond donors (Lipinski definition) is 0. The molecule has 1 aromatic rings. The van der Waals surface area contributed by atoms with Gasteiger partial charge in [0, 0.05) is 13.1 Å². The number of nitrogens with zero attached hydrogens (tertiary/aromatic N) is 1. The van der Waals surface area contributed by atoms with E-state index in [1.807, 2.05) is 20.8 Å². The summed E-state index contributed by atoms with van der Waals surface area (Å²) in [6.45, 7) is 8.31. The van der Waals surface area contributed by atoms with E-state index in [9.17, 15) is 9.59 Å². The minimum atomic E-state index is -0.459. The number of ketones is 1. The number of carbonyl (C=O) groups is 2. The molecule has 0 saturated carbocycles. The summed E-state index contributed by atoms with van der Waals surface area (Å²) >= 11 is 0. The lowest BCUT2D eigenvalue weighted by Crippen LogP contribution is -2.33. The Bertz CT molecular complexity index is 563. The Hall–Kier alpha value is -2.28. The van der Waals surface area contributed by atoms with E-state index < -0.39 is 6.09 Å². The van der Waals surface area contributed by atoms with Gasteiger partial charge in [-0.3, -0.25) is 4.79 Å². The van der Waals surface area contributed by atoms with Gasteiger partial charge in [-0.1, -0.05) is 12.0 Å². The van der Waals surface area contributed by atoms with Crippen molar-refractivity contribution in [2.45, 2.75) is 27.7 Å². The molecule has 4 heteroatoms. The topological polar surface area (TPSA) is 46.6 Å². The van der Waals surface area contributed by atoms with Crippen LogP contribution < -0.4 is 4.74 Å². The van der Waals surface area contributed by atoms with Gasteiger partial charge >= 0.3 is 6.09 Å². The molecule has 0 aliphatic rings. The second kappa shape index (κ2) is 7.34. The summed E-state index contributed by atoms with van der Waals surface area (Å²) in [6.07, 6.45) is -0.459. The van der Waals surface area contributed by atoms with Crippen LogP contribution in [0.15, 0.2) is 18.2 Å². The Balaban J connectivity index is 3.09. The molecule has 0 heterocycles. The third kappa shape index (κ3) is 3.86. The van der Waals surface area contributed by atoms with Crippen molar-refractivity contribution in [2.75, 3.05) is 13.1 Å². The molecule has 0 aliphatic carbocycles. The number of aryl methyl sites for hydroxylation is 1. The Morgan fingerprint density at radius 1 is 1.25 bits per heavy atom. The molecule has 0 aliphatic heterocycles. The highest BCUT2D eigenvalue weighted by molar-refractivity contribution is 6.11. The zero-order chi connectivity index (χ0) is 15.1. The van der Waals surface area contributed by atoms with Crippen molar-refractivity contribution in [3.05, 3.63) is 29.3 Å². The van der Waals surface area contributed by atoms with Crippen molar-refractivity contribution in [1.29, 1.82) is 0 Å². The van der Waals surface area contributed by atoms with E-state index in [4.69, 9.17) is 4.74 Å². The Labute approximate surface area is 119 Å². The number of benzene rings is 1. The summed E-state index contributed by atoms with van der Waals surface area (Å²) in [5, 5.41) is 0. The summed E-state index contributed by atoms with van der Waals surface area (Å²) in [5.41, 5.74) is 1.22. The molecule has 0 atom stereocenters. The van der Waals surface area contributed by atoms with E-state index in [1.165, 1.54) is 0 Å². The first-order chi connectivity index (χ1) is 9.53. The Morgan fingerprint density at radius 2 is 1.90 bits per heavy atom. The predicted octanol–water partition coefficient (Wildman–Crippen LogP) is 3.04. The van der Waals surface area contributed by atoms with Crippen LogP contribution >= 0.6 is 0 Å². The molecule has 0 bridgehead atoms. The first-order valence-electron chi connectivity index (χ1n) is 6.57. The largest absolute Gasteiger partial charge is 0.415 e. The number of rotatable bonds is 4. The van der Waals surface area contributed by atoms with Crippen LogP contribution in [0.5, 0.6) is 5.75 Å². The molecule has 20 heavy (non-hydrogen) atoms. The van der Waals surface area contributed by atoms with Crippen molar-refractivity contribution >= 4 is 11.9 Å². The zero-order valence-electron chi connectivity index (χ0n) is 12.3. The van der Waals surface area contributed by atoms with Crippen molar-refractivity contribution < 1.29 is 14.3 Å². The molecule has 4 nitrogen and oxygen atoms in total. The van der Waals surface area contributed by atoms with E-state index in [2.05, 4.69) is 11.8 Å². The Kier molecular flexibility index (Phi) is 5.79. The lowest BCUT2D eigenvalue weighted by atomic mass is 10.1. The van der Waals surface area contributed by atoms with E-state index in [-0.39, 0.29) is 11.5 Å². The fourth-order valence-corrected chi connectivity index (χ4v) is 1.72. The maximum absolute atomic E-state index is 12.0. The third-order valence-electron chi connectivity index (χ3n) is 2.84. The van der Waals surface area contributed by atoms with Gasteiger partial charge in [-0.2, -0.15) is 0 Å². The normalized spacial score (nSPS) is 9.40. The minimum Gasteiger partial charge on any atom is -0.409 e. The van der Waals surface area contributed by atoms with Gasteiger partial charge in [-0.15, -0.1) is 0 Å². The first-order valence-corrected chi connectivity index (χ1v) is 6.57. The standard InChI is InChI=1S/C16H19NO3/c1-5-8-14(18)13-10-9-12(4)11-15(13)20-16(19)17(6-2)7-3/h9-11H,6-7H2,1-4H3. The van der Waals surface area contributed by atoms with Crippen LogP contribution in [-0.4, -0.2) is 29.9 Å². The fourth-order valence-electron chi connectivity index (χ4n) is 1.72. The highest BCUT2D eigenvalue weighted by atomic mass is 16.6. The molecular weight excluding hydrogens is 254 g/mol. The van der Waals surface area contributed by atoms with Gasteiger partial charge in [-0.25, -0.2) is 4.79 Å². The fraction of sp³-hybridized carbons (Fsp3) is 0.375. The smallest absolute Gasteiger partial charge is 0.409 e. The van der Waals surface area contributed by atoms with E-state index in [0.29, 0.717) is 18.7 Å². The lowest BCUT2D eigenvalue weighted by molar-refractivity contribution is 0.105. The highest BCUT2D eigenvalue weighted by Gasteiger charge is 2.17. The van der Waals surface area contributed by atoms with Crippen molar-refractivity contribution in [1.82, 2.24) is 4.90 Å². The molecule has 0 fully saturated rings. The van der Waals surface area contributed by atoms with Crippen molar-refractivity contribution in [2.24, 2.45) is 0 Å². The van der Waals surface area contributed by atoms with Gasteiger partial charge in [0.1, 0.15) is 5.75 Å². The zero-order valence-corrected chi connectivity index (χ0v) is 12.3. The van der Waals surface area contributed by atoms with Gasteiger partial charge in [0.2, 0.25) is 5.78 Å². The van der Waals surface area contributed by atoms with Crippen LogP contribution in [0.3, 0.4) is 0 Å². The highest BCUT2D eigenvalue weighted by Crippen LogP contribution is 2.21. The second-order valence-electron chi connectivity index (χ2n) is 4.24. The average molecular weight is 273 g/mol. The van der Waals surface area contributed by atoms with Gasteiger partial charge in [-0.05, 0) is 51.3 Å². The first kappa shape index (κ1) is 15.8. The molecule has 0 aromatic heterocycles. The molecule has 0 unspecified atom stereocenters. The molecule has 0 saturated heterocycles. The summed E-state index contributed by atoms with van der Waals surface area (Å²) in [4.78, 5) is 25.4. The van der Waals surface area contributed by atoms with Gasteiger partial charge in [0.15, 0.2) is 0 Å². The van der Waals surface area contributed by atoms with Crippen LogP contribution in [0.25, 0.3) is 0 Å². The van der Waals surface area contributed by atoms with Crippen molar-refractivity contribution in [3.63, 3.8) is 0 Å². The summed E-state index contributed by atoms with van der Waals surface area (Å²) < 4.78 is 5.34. The van der Waals surface area contributed by atoms with Gasteiger partial charge in [0.25, 0.3) is 0 Å². The summed E-state index contributed by atoms with van der Waals surface area (Å²) in [5.74, 6) is 4.92. The molecule has 106 valence electrons. The second-order valence-corrected chi connectivity index (χ2v) is 4.24. The molecule has 0 radical (unpaired) electrons. The monoisotopic (exact) mass is 273 g/mol. The van der Waals surface area contributed by atoms with Gasteiger partial charge in [0.05, 0.1) is 5.56 Å². The quantitative estimate of drug-likeness (QED) is 0.481. The molecule has 0 spiro atoms. The number of ether oxygens (including phenoxy) is 1. The number of hydrogen-bond acceptors (Lipinski definition) is 3. The van der Waals surface area contributed by atoms with Crippen LogP contribution in [0.1, 0.15) is 36.7 Å². The lowest BCUT2D eigenvalue weighted by Gasteiger charge is -2.18. The van der Waals surface area contributed by atoms with Crippen LogP contribution in [0.2, 0.25) is 0 Å². The molecular formula is C16H19NO3. The SMILES string of the molecule is CC#CC(=O)c1ccc(C)cc1OC(=O)N(CC)CC. The van der Waals surface area contributed by atoms with E-state index in [0.717, 1.165) is 5.56 Å². The summed E-state index contributed by atoms with van der Waals surface area (Å²) in [6, 6.07) is 5.10. The number of Topliss-reactive ketones (excluding diaryl/α,β-unsaturated/α-hetero) is 1. The number of amides is 1. The molecule has 1 amide bonds. The van der Waals surface area contributed by atoms with Gasteiger partial charge < -0.3 is 9.64 Å². The van der Waals surface area contributed by atoms with E-state index in [1.54, 1.807) is 30.0 Å². The molecule has 0 N–H and O–H groups in total. The maximum Gasteiger partial charge on any atom is 0.415 e. The Morgan fingerprint density at radius 3 is 2.45 bits per heavy atom. The van der Waals surface area contributed by atoms with Crippen LogP contribution in [0, 0.1) is 18.8 Å². The van der Waals surface area contributed by atoms with Crippen LogP contribution in [0.4, 0.5) is 4.79 Å². The minimum absolute atomic E-state index is 0.259. The molecule has 1 rings (SSSR count). The number of carbonyl (C=O) groups excluding carboxylic acids is 2.